The van der Waals surface area contributed by atoms with Crippen LogP contribution in [0.4, 0.5) is 0 Å². The normalized spacial score (nSPS) is 9.85. The van der Waals surface area contributed by atoms with E-state index in [1.54, 1.807) is 0 Å². The number of hydrogen-bond donors (Lipinski definition) is 0. The summed E-state index contributed by atoms with van der Waals surface area (Å²) >= 11 is 0. The summed E-state index contributed by atoms with van der Waals surface area (Å²) in [5.74, 6) is 0. The molecule has 0 N–H and O–H groups in total. The molecule has 2 aliphatic rings. The summed E-state index contributed by atoms with van der Waals surface area (Å²) in [6, 6.07) is 27.1. The minimum atomic E-state index is 0. The standard InChI is InChI=1S/2C15H14.2C2H6.5CH4/c2*1-10-3-5-14-12(7-10)9-13-8-11(2)4-6-15(13)14;2*1-2;;;;;/h2*3-8H,9H2,1-2H3;2*1-2H3;5*1H4. The number of aryl methyl sites for hydroxylation is 4. The van der Waals surface area contributed by atoms with Crippen LogP contribution in [0.1, 0.15) is 109 Å². The summed E-state index contributed by atoms with van der Waals surface area (Å²) < 4.78 is 0. The Labute approximate surface area is 244 Å². The summed E-state index contributed by atoms with van der Waals surface area (Å²) in [6.07, 6.45) is 2.21. The third kappa shape index (κ3) is 8.96. The summed E-state index contributed by atoms with van der Waals surface area (Å²) in [4.78, 5) is 0. The molecule has 0 atom stereocenters. The molecule has 0 spiro atoms. The Balaban J connectivity index is -0.000000529. The zero-order chi connectivity index (χ0) is 24.8. The van der Waals surface area contributed by atoms with Gasteiger partial charge in [-0.05, 0) is 85.0 Å². The van der Waals surface area contributed by atoms with Gasteiger partial charge in [-0.1, -0.05) is 160 Å². The highest BCUT2D eigenvalue weighted by Crippen LogP contribution is 2.38. The summed E-state index contributed by atoms with van der Waals surface area (Å²) in [5, 5.41) is 0. The molecule has 6 rings (SSSR count). The van der Waals surface area contributed by atoms with Crippen LogP contribution in [0.25, 0.3) is 22.3 Å². The fourth-order valence-electron chi connectivity index (χ4n) is 4.94. The maximum atomic E-state index is 2.31. The zero-order valence-corrected chi connectivity index (χ0v) is 22.3. The highest BCUT2D eigenvalue weighted by Gasteiger charge is 2.18. The molecule has 0 radical (unpaired) electrons. The van der Waals surface area contributed by atoms with Gasteiger partial charge < -0.3 is 0 Å². The molecule has 0 fully saturated rings. The Morgan fingerprint density at radius 2 is 0.513 bits per heavy atom. The van der Waals surface area contributed by atoms with Crippen LogP contribution in [-0.4, -0.2) is 0 Å². The third-order valence-electron chi connectivity index (χ3n) is 6.39. The number of fused-ring (bicyclic) bond motifs is 6. The van der Waals surface area contributed by atoms with Crippen molar-refractivity contribution in [3.8, 4) is 22.3 Å². The lowest BCUT2D eigenvalue weighted by Gasteiger charge is -2.01. The average Bonchev–Trinajstić information content (AvgIpc) is 3.37. The topological polar surface area (TPSA) is 0 Å². The van der Waals surface area contributed by atoms with E-state index in [9.17, 15) is 0 Å². The monoisotopic (exact) mass is 528 g/mol. The van der Waals surface area contributed by atoms with E-state index in [2.05, 4.69) is 100 Å². The minimum Gasteiger partial charge on any atom is -0.0776 e. The molecule has 0 saturated carbocycles. The minimum absolute atomic E-state index is 0. The zero-order valence-electron chi connectivity index (χ0n) is 22.3. The quantitative estimate of drug-likeness (QED) is 0.184. The predicted octanol–water partition coefficient (Wildman–Crippen LogP) is 13.0. The first kappa shape index (κ1) is 40.4. The van der Waals surface area contributed by atoms with E-state index in [-0.39, 0.29) is 37.1 Å². The molecule has 0 heterocycles. The van der Waals surface area contributed by atoms with Crippen LogP contribution in [0.5, 0.6) is 0 Å². The molecular weight excluding hydrogens is 468 g/mol. The molecular formula is C39H60. The summed E-state index contributed by atoms with van der Waals surface area (Å²) in [5.41, 5.74) is 17.1. The molecule has 4 aromatic carbocycles. The molecule has 0 saturated heterocycles. The Morgan fingerprint density at radius 3 is 0.692 bits per heavy atom. The fourth-order valence-corrected chi connectivity index (χ4v) is 4.94. The highest BCUT2D eigenvalue weighted by molar-refractivity contribution is 5.78. The molecule has 0 amide bonds. The highest BCUT2D eigenvalue weighted by atomic mass is 14.2. The Morgan fingerprint density at radius 1 is 0.333 bits per heavy atom. The summed E-state index contributed by atoms with van der Waals surface area (Å²) in [6.45, 7) is 16.6. The maximum Gasteiger partial charge on any atom is -0.00133 e. The van der Waals surface area contributed by atoms with Gasteiger partial charge in [0, 0.05) is 0 Å². The lowest BCUT2D eigenvalue weighted by atomic mass is 10.0. The third-order valence-corrected chi connectivity index (χ3v) is 6.39. The van der Waals surface area contributed by atoms with E-state index in [4.69, 9.17) is 0 Å². The van der Waals surface area contributed by atoms with Crippen LogP contribution in [-0.2, 0) is 12.8 Å². The van der Waals surface area contributed by atoms with E-state index in [1.165, 1.54) is 66.8 Å². The second-order valence-electron chi connectivity index (χ2n) is 9.00. The van der Waals surface area contributed by atoms with Crippen molar-refractivity contribution in [1.82, 2.24) is 0 Å². The van der Waals surface area contributed by atoms with E-state index < -0.39 is 0 Å². The molecule has 0 unspecified atom stereocenters. The Bertz CT molecular complexity index is 1070. The van der Waals surface area contributed by atoms with Crippen molar-refractivity contribution in [2.24, 2.45) is 0 Å². The van der Waals surface area contributed by atoms with Gasteiger partial charge in [0.2, 0.25) is 0 Å². The van der Waals surface area contributed by atoms with Gasteiger partial charge >= 0.3 is 0 Å². The van der Waals surface area contributed by atoms with Crippen molar-refractivity contribution < 1.29 is 0 Å². The molecule has 0 heteroatoms. The van der Waals surface area contributed by atoms with Crippen molar-refractivity contribution in [3.63, 3.8) is 0 Å². The van der Waals surface area contributed by atoms with Crippen LogP contribution in [0.2, 0.25) is 0 Å². The predicted molar refractivity (Wildman–Crippen MR) is 185 cm³/mol. The first-order valence-electron chi connectivity index (χ1n) is 12.9. The van der Waals surface area contributed by atoms with Crippen LogP contribution in [0.15, 0.2) is 72.8 Å². The molecule has 0 nitrogen and oxygen atoms in total. The Kier molecular flexibility index (Phi) is 18.9. The van der Waals surface area contributed by atoms with E-state index in [1.807, 2.05) is 27.7 Å². The van der Waals surface area contributed by atoms with Gasteiger partial charge in [-0.2, -0.15) is 0 Å². The molecule has 2 aliphatic carbocycles. The van der Waals surface area contributed by atoms with Crippen LogP contribution < -0.4 is 0 Å². The molecule has 0 bridgehead atoms. The van der Waals surface area contributed by atoms with Crippen molar-refractivity contribution in [2.45, 2.75) is 105 Å². The van der Waals surface area contributed by atoms with Gasteiger partial charge in [-0.25, -0.2) is 0 Å². The fraction of sp³-hybridized carbons (Fsp3) is 0.385. The number of hydrogen-bond acceptors (Lipinski definition) is 0. The van der Waals surface area contributed by atoms with Crippen molar-refractivity contribution >= 4 is 0 Å². The molecule has 0 aromatic heterocycles. The molecule has 39 heavy (non-hydrogen) atoms. The largest absolute Gasteiger partial charge is 0.0776 e. The van der Waals surface area contributed by atoms with Gasteiger partial charge in [0.05, 0.1) is 0 Å². The van der Waals surface area contributed by atoms with Gasteiger partial charge in [0.25, 0.3) is 0 Å². The number of benzene rings is 4. The van der Waals surface area contributed by atoms with Gasteiger partial charge in [-0.3, -0.25) is 0 Å². The first-order valence-corrected chi connectivity index (χ1v) is 12.9. The van der Waals surface area contributed by atoms with Crippen molar-refractivity contribution in [1.29, 1.82) is 0 Å². The smallest absolute Gasteiger partial charge is 0.00133 e. The summed E-state index contributed by atoms with van der Waals surface area (Å²) in [7, 11) is 0. The van der Waals surface area contributed by atoms with E-state index >= 15 is 0 Å². The van der Waals surface area contributed by atoms with Crippen LogP contribution >= 0.6 is 0 Å². The van der Waals surface area contributed by atoms with Crippen LogP contribution in [0.3, 0.4) is 0 Å². The first-order chi connectivity index (χ1) is 16.5. The van der Waals surface area contributed by atoms with Gasteiger partial charge in [0.1, 0.15) is 0 Å². The Hall–Kier alpha value is -3.12. The second-order valence-corrected chi connectivity index (χ2v) is 9.00. The molecule has 4 aromatic rings. The van der Waals surface area contributed by atoms with E-state index in [0.29, 0.717) is 0 Å². The lowest BCUT2D eigenvalue weighted by Crippen LogP contribution is -1.81. The lowest BCUT2D eigenvalue weighted by molar-refractivity contribution is 1.24. The maximum absolute atomic E-state index is 2.31. The van der Waals surface area contributed by atoms with E-state index in [0.717, 1.165) is 12.8 Å². The van der Waals surface area contributed by atoms with Crippen molar-refractivity contribution in [3.05, 3.63) is 117 Å². The number of rotatable bonds is 0. The van der Waals surface area contributed by atoms with Gasteiger partial charge in [-0.15, -0.1) is 0 Å². The molecule has 216 valence electrons. The van der Waals surface area contributed by atoms with Gasteiger partial charge in [0.15, 0.2) is 0 Å². The second kappa shape index (κ2) is 18.2. The molecule has 0 aliphatic heterocycles. The average molecular weight is 529 g/mol. The van der Waals surface area contributed by atoms with Crippen LogP contribution in [0, 0.1) is 27.7 Å². The van der Waals surface area contributed by atoms with Crippen molar-refractivity contribution in [2.75, 3.05) is 0 Å². The SMILES string of the molecule is C.C.C.C.C.CC.CC.Cc1ccc2c(c1)Cc1cc(C)ccc1-2.Cc1ccc2c(c1)Cc1cc(C)ccc1-2.